The Bertz CT molecular complexity index is 597. The Morgan fingerprint density at radius 1 is 1.12 bits per heavy atom. The second-order valence-corrected chi connectivity index (χ2v) is 6.33. The van der Waals surface area contributed by atoms with Crippen LogP contribution >= 0.6 is 11.3 Å². The molecular weight excluding hydrogens is 242 g/mol. The Morgan fingerprint density at radius 3 is 2.25 bits per heavy atom. The van der Waals surface area contributed by atoms with Crippen molar-refractivity contribution in [1.82, 2.24) is 0 Å². The Hall–Kier alpha value is -1.33. The molecule has 2 N–H and O–H groups in total. The topological polar surface area (TPSA) is 60.2 Å². The van der Waals surface area contributed by atoms with Gasteiger partial charge in [-0.15, -0.1) is 11.3 Å². The van der Waals surface area contributed by atoms with E-state index in [2.05, 4.69) is 0 Å². The molecule has 0 aliphatic rings. The Morgan fingerprint density at radius 2 is 1.75 bits per heavy atom. The number of sulfone groups is 1. The van der Waals surface area contributed by atoms with Crippen LogP contribution in [0.5, 0.6) is 0 Å². The largest absolute Gasteiger partial charge is 0.390 e. The predicted octanol–water partition coefficient (Wildman–Crippen LogP) is 2.47. The van der Waals surface area contributed by atoms with Crippen LogP contribution in [0.2, 0.25) is 0 Å². The molecular formula is C11H11NO2S2. The van der Waals surface area contributed by atoms with Gasteiger partial charge in [-0.25, -0.2) is 8.42 Å². The lowest BCUT2D eigenvalue weighted by molar-refractivity contribution is 0.597. The third-order valence-electron chi connectivity index (χ3n) is 2.28. The molecule has 0 radical (unpaired) electrons. The van der Waals surface area contributed by atoms with E-state index < -0.39 is 9.84 Å². The SMILES string of the molecule is Cc1ccc(S(=O)(=O)c2ccsc2N)cc1. The zero-order valence-electron chi connectivity index (χ0n) is 8.67. The summed E-state index contributed by atoms with van der Waals surface area (Å²) in [6.45, 7) is 1.91. The van der Waals surface area contributed by atoms with E-state index in [0.717, 1.165) is 5.56 Å². The number of aryl methyl sites for hydroxylation is 1. The fourth-order valence-corrected chi connectivity index (χ4v) is 3.73. The lowest BCUT2D eigenvalue weighted by Gasteiger charge is -2.03. The van der Waals surface area contributed by atoms with Crippen molar-refractivity contribution in [3.8, 4) is 0 Å². The lowest BCUT2D eigenvalue weighted by Crippen LogP contribution is -2.02. The van der Waals surface area contributed by atoms with Crippen LogP contribution < -0.4 is 5.73 Å². The monoisotopic (exact) mass is 253 g/mol. The molecule has 5 heteroatoms. The highest BCUT2D eigenvalue weighted by molar-refractivity contribution is 7.91. The van der Waals surface area contributed by atoms with Gasteiger partial charge in [-0.1, -0.05) is 17.7 Å². The van der Waals surface area contributed by atoms with Crippen molar-refractivity contribution in [3.63, 3.8) is 0 Å². The van der Waals surface area contributed by atoms with Crippen LogP contribution in [0.15, 0.2) is 45.5 Å². The summed E-state index contributed by atoms with van der Waals surface area (Å²) < 4.78 is 24.3. The maximum absolute atomic E-state index is 12.2. The highest BCUT2D eigenvalue weighted by Gasteiger charge is 2.20. The van der Waals surface area contributed by atoms with Crippen LogP contribution in [0.1, 0.15) is 5.56 Å². The van der Waals surface area contributed by atoms with Crippen molar-refractivity contribution in [3.05, 3.63) is 41.3 Å². The standard InChI is InChI=1S/C11H11NO2S2/c1-8-2-4-9(5-3-8)16(13,14)10-6-7-15-11(10)12/h2-7H,12H2,1H3. The molecule has 16 heavy (non-hydrogen) atoms. The minimum atomic E-state index is -3.46. The van der Waals surface area contributed by atoms with E-state index in [1.807, 2.05) is 6.92 Å². The maximum Gasteiger partial charge on any atom is 0.209 e. The predicted molar refractivity (Wildman–Crippen MR) is 65.4 cm³/mol. The van der Waals surface area contributed by atoms with Gasteiger partial charge in [0.25, 0.3) is 0 Å². The molecule has 0 aliphatic heterocycles. The van der Waals surface area contributed by atoms with Gasteiger partial charge < -0.3 is 5.73 Å². The molecule has 0 unspecified atom stereocenters. The number of nitrogen functional groups attached to an aromatic ring is 1. The van der Waals surface area contributed by atoms with Crippen molar-refractivity contribution in [2.24, 2.45) is 0 Å². The summed E-state index contributed by atoms with van der Waals surface area (Å²) in [6.07, 6.45) is 0. The Balaban J connectivity index is 2.56. The third-order valence-corrected chi connectivity index (χ3v) is 4.98. The van der Waals surface area contributed by atoms with Gasteiger partial charge in [-0.3, -0.25) is 0 Å². The van der Waals surface area contributed by atoms with E-state index in [9.17, 15) is 8.42 Å². The van der Waals surface area contributed by atoms with Gasteiger partial charge in [0, 0.05) is 0 Å². The van der Waals surface area contributed by atoms with Crippen molar-refractivity contribution < 1.29 is 8.42 Å². The number of thiophene rings is 1. The Labute approximate surface area is 98.5 Å². The van der Waals surface area contributed by atoms with E-state index in [0.29, 0.717) is 5.00 Å². The lowest BCUT2D eigenvalue weighted by atomic mass is 10.2. The summed E-state index contributed by atoms with van der Waals surface area (Å²) in [5, 5.41) is 2.01. The average Bonchev–Trinajstić information content (AvgIpc) is 2.66. The number of hydrogen-bond acceptors (Lipinski definition) is 4. The van der Waals surface area contributed by atoms with E-state index in [1.165, 1.54) is 17.4 Å². The third kappa shape index (κ3) is 1.83. The van der Waals surface area contributed by atoms with Crippen LogP contribution in [0.4, 0.5) is 5.00 Å². The van der Waals surface area contributed by atoms with Gasteiger partial charge in [0.1, 0.15) is 9.90 Å². The quantitative estimate of drug-likeness (QED) is 0.894. The summed E-state index contributed by atoms with van der Waals surface area (Å²) in [5.74, 6) is 0. The number of benzene rings is 1. The fraction of sp³-hybridized carbons (Fsp3) is 0.0909. The summed E-state index contributed by atoms with van der Waals surface area (Å²) >= 11 is 1.23. The van der Waals surface area contributed by atoms with Crippen molar-refractivity contribution >= 4 is 26.2 Å². The van der Waals surface area contributed by atoms with Crippen LogP contribution in [0.25, 0.3) is 0 Å². The first-order valence-corrected chi connectivity index (χ1v) is 7.03. The van der Waals surface area contributed by atoms with Crippen molar-refractivity contribution in [1.29, 1.82) is 0 Å². The van der Waals surface area contributed by atoms with Crippen molar-refractivity contribution in [2.75, 3.05) is 5.73 Å². The minimum Gasteiger partial charge on any atom is -0.390 e. The van der Waals surface area contributed by atoms with Gasteiger partial charge in [0.05, 0.1) is 4.90 Å². The van der Waals surface area contributed by atoms with Gasteiger partial charge in [-0.05, 0) is 30.5 Å². The number of hydrogen-bond donors (Lipinski definition) is 1. The first kappa shape index (κ1) is 11.2. The second kappa shape index (κ2) is 3.92. The molecule has 84 valence electrons. The summed E-state index contributed by atoms with van der Waals surface area (Å²) in [5.41, 5.74) is 6.66. The number of rotatable bonds is 2. The highest BCUT2D eigenvalue weighted by Crippen LogP contribution is 2.29. The first-order valence-electron chi connectivity index (χ1n) is 4.66. The van der Waals surface area contributed by atoms with Crippen LogP contribution in [0, 0.1) is 6.92 Å². The van der Waals surface area contributed by atoms with Gasteiger partial charge >= 0.3 is 0 Å². The molecule has 0 amide bonds. The van der Waals surface area contributed by atoms with E-state index in [1.54, 1.807) is 29.6 Å². The molecule has 0 bridgehead atoms. The van der Waals surface area contributed by atoms with E-state index in [4.69, 9.17) is 5.73 Å². The molecule has 1 aromatic heterocycles. The minimum absolute atomic E-state index is 0.196. The van der Waals surface area contributed by atoms with Gasteiger partial charge in [0.2, 0.25) is 9.84 Å². The van der Waals surface area contributed by atoms with E-state index >= 15 is 0 Å². The highest BCUT2D eigenvalue weighted by atomic mass is 32.2. The molecule has 0 aliphatic carbocycles. The van der Waals surface area contributed by atoms with Crippen LogP contribution in [0.3, 0.4) is 0 Å². The normalized spacial score (nSPS) is 11.6. The molecule has 0 atom stereocenters. The number of nitrogens with two attached hydrogens (primary N) is 1. The molecule has 3 nitrogen and oxygen atoms in total. The van der Waals surface area contributed by atoms with Gasteiger partial charge in [0.15, 0.2) is 0 Å². The number of anilines is 1. The summed E-state index contributed by atoms with van der Waals surface area (Å²) in [6, 6.07) is 8.28. The molecule has 0 spiro atoms. The second-order valence-electron chi connectivity index (χ2n) is 3.47. The van der Waals surface area contributed by atoms with Crippen LogP contribution in [-0.4, -0.2) is 8.42 Å². The average molecular weight is 253 g/mol. The molecule has 2 rings (SSSR count). The molecule has 1 heterocycles. The van der Waals surface area contributed by atoms with Gasteiger partial charge in [-0.2, -0.15) is 0 Å². The summed E-state index contributed by atoms with van der Waals surface area (Å²) in [7, 11) is -3.46. The zero-order chi connectivity index (χ0) is 11.8. The first-order chi connectivity index (χ1) is 7.51. The molecule has 0 saturated heterocycles. The smallest absolute Gasteiger partial charge is 0.209 e. The van der Waals surface area contributed by atoms with Crippen LogP contribution in [-0.2, 0) is 9.84 Å². The molecule has 0 fully saturated rings. The van der Waals surface area contributed by atoms with E-state index in [-0.39, 0.29) is 9.79 Å². The van der Waals surface area contributed by atoms with Crippen molar-refractivity contribution in [2.45, 2.75) is 16.7 Å². The fourth-order valence-electron chi connectivity index (χ4n) is 1.38. The molecule has 0 saturated carbocycles. The molecule has 2 aromatic rings. The Kier molecular flexibility index (Phi) is 2.73. The molecule has 1 aromatic carbocycles. The zero-order valence-corrected chi connectivity index (χ0v) is 10.3. The maximum atomic E-state index is 12.2. The summed E-state index contributed by atoms with van der Waals surface area (Å²) in [4.78, 5) is 0.476.